The van der Waals surface area contributed by atoms with Gasteiger partial charge in [-0.2, -0.15) is 0 Å². The smallest absolute Gasteiger partial charge is 0.0152 e. The molecule has 0 aliphatic heterocycles. The molecule has 0 aromatic carbocycles. The van der Waals surface area contributed by atoms with Crippen molar-refractivity contribution in [3.8, 4) is 0 Å². The molecule has 0 amide bonds. The van der Waals surface area contributed by atoms with Crippen LogP contribution in [0.2, 0.25) is 0 Å². The number of rotatable bonds is 1. The van der Waals surface area contributed by atoms with E-state index in [1.54, 1.807) is 0 Å². The SMILES string of the molecule is C=C(C)C1CCC2C3CCC4(C)CC(C)CCC4C3CCC12C.CC. The van der Waals surface area contributed by atoms with Gasteiger partial charge < -0.3 is 0 Å². The molecule has 144 valence electrons. The van der Waals surface area contributed by atoms with E-state index in [-0.39, 0.29) is 0 Å². The molecule has 8 atom stereocenters. The Morgan fingerprint density at radius 2 is 1.44 bits per heavy atom. The highest BCUT2D eigenvalue weighted by molar-refractivity contribution is 5.14. The van der Waals surface area contributed by atoms with Gasteiger partial charge in [-0.25, -0.2) is 0 Å². The van der Waals surface area contributed by atoms with Gasteiger partial charge in [0.2, 0.25) is 0 Å². The van der Waals surface area contributed by atoms with Crippen molar-refractivity contribution in [1.82, 2.24) is 0 Å². The summed E-state index contributed by atoms with van der Waals surface area (Å²) in [7, 11) is 0. The molecule has 4 rings (SSSR count). The van der Waals surface area contributed by atoms with Crippen LogP contribution in [0.4, 0.5) is 0 Å². The third kappa shape index (κ3) is 3.04. The first-order chi connectivity index (χ1) is 11.8. The number of hydrogen-bond donors (Lipinski definition) is 0. The van der Waals surface area contributed by atoms with Crippen molar-refractivity contribution in [3.63, 3.8) is 0 Å². The maximum atomic E-state index is 4.36. The monoisotopic (exact) mass is 344 g/mol. The molecule has 8 unspecified atom stereocenters. The molecular weight excluding hydrogens is 300 g/mol. The second kappa shape index (κ2) is 7.05. The molecule has 4 aliphatic rings. The Balaban J connectivity index is 0.000000880. The van der Waals surface area contributed by atoms with Gasteiger partial charge in [0.1, 0.15) is 0 Å². The van der Waals surface area contributed by atoms with Crippen molar-refractivity contribution in [3.05, 3.63) is 12.2 Å². The Morgan fingerprint density at radius 3 is 2.12 bits per heavy atom. The molecule has 0 bridgehead atoms. The van der Waals surface area contributed by atoms with Crippen LogP contribution in [-0.2, 0) is 0 Å². The average molecular weight is 345 g/mol. The van der Waals surface area contributed by atoms with Gasteiger partial charge in [-0.05, 0) is 105 Å². The van der Waals surface area contributed by atoms with Crippen molar-refractivity contribution < 1.29 is 0 Å². The lowest BCUT2D eigenvalue weighted by atomic mass is 9.45. The molecule has 0 aromatic rings. The van der Waals surface area contributed by atoms with E-state index in [4.69, 9.17) is 0 Å². The van der Waals surface area contributed by atoms with Gasteiger partial charge in [0.15, 0.2) is 0 Å². The van der Waals surface area contributed by atoms with Gasteiger partial charge >= 0.3 is 0 Å². The number of fused-ring (bicyclic) bond motifs is 5. The Kier molecular flexibility index (Phi) is 5.50. The first-order valence-electron chi connectivity index (χ1n) is 11.5. The fourth-order valence-corrected chi connectivity index (χ4v) is 8.42. The molecule has 0 aromatic heterocycles. The minimum atomic E-state index is 0.586. The largest absolute Gasteiger partial charge is 0.0998 e. The normalized spacial score (nSPS) is 51.4. The van der Waals surface area contributed by atoms with Crippen LogP contribution in [0.5, 0.6) is 0 Å². The molecule has 0 N–H and O–H groups in total. The van der Waals surface area contributed by atoms with E-state index in [0.29, 0.717) is 10.8 Å². The average Bonchev–Trinajstić information content (AvgIpc) is 2.93. The summed E-state index contributed by atoms with van der Waals surface area (Å²) in [6, 6.07) is 0. The zero-order valence-corrected chi connectivity index (χ0v) is 18.0. The summed E-state index contributed by atoms with van der Waals surface area (Å²) in [6.07, 6.45) is 13.5. The fraction of sp³-hybridized carbons (Fsp3) is 0.920. The van der Waals surface area contributed by atoms with Crippen LogP contribution < -0.4 is 0 Å². The van der Waals surface area contributed by atoms with Crippen molar-refractivity contribution in [2.45, 2.75) is 99.3 Å². The summed E-state index contributed by atoms with van der Waals surface area (Å²) in [6.45, 7) is 18.5. The summed E-state index contributed by atoms with van der Waals surface area (Å²) >= 11 is 0. The Morgan fingerprint density at radius 1 is 0.840 bits per heavy atom. The number of allylic oxidation sites excluding steroid dienone is 1. The van der Waals surface area contributed by atoms with E-state index >= 15 is 0 Å². The molecule has 0 heteroatoms. The lowest BCUT2D eigenvalue weighted by Crippen LogP contribution is -2.51. The van der Waals surface area contributed by atoms with Crippen LogP contribution in [-0.4, -0.2) is 0 Å². The van der Waals surface area contributed by atoms with E-state index in [0.717, 1.165) is 35.5 Å². The topological polar surface area (TPSA) is 0 Å². The Hall–Kier alpha value is -0.260. The summed E-state index contributed by atoms with van der Waals surface area (Å²) in [5, 5.41) is 0. The molecule has 4 saturated carbocycles. The third-order valence-electron chi connectivity index (χ3n) is 9.33. The fourth-order valence-electron chi connectivity index (χ4n) is 8.42. The van der Waals surface area contributed by atoms with Gasteiger partial charge in [-0.1, -0.05) is 53.2 Å². The highest BCUT2D eigenvalue weighted by atomic mass is 14.6. The Labute approximate surface area is 158 Å². The van der Waals surface area contributed by atoms with E-state index in [2.05, 4.69) is 34.3 Å². The van der Waals surface area contributed by atoms with Crippen molar-refractivity contribution in [1.29, 1.82) is 0 Å². The highest BCUT2D eigenvalue weighted by Crippen LogP contribution is 2.67. The lowest BCUT2D eigenvalue weighted by molar-refractivity contribution is -0.100. The summed E-state index contributed by atoms with van der Waals surface area (Å²) < 4.78 is 0. The van der Waals surface area contributed by atoms with Gasteiger partial charge in [0.25, 0.3) is 0 Å². The first kappa shape index (κ1) is 19.5. The van der Waals surface area contributed by atoms with Crippen LogP contribution in [0.1, 0.15) is 99.3 Å². The first-order valence-corrected chi connectivity index (χ1v) is 11.5. The highest BCUT2D eigenvalue weighted by Gasteiger charge is 2.58. The minimum absolute atomic E-state index is 0.586. The van der Waals surface area contributed by atoms with Crippen LogP contribution >= 0.6 is 0 Å². The van der Waals surface area contributed by atoms with Crippen molar-refractivity contribution in [2.75, 3.05) is 0 Å². The minimum Gasteiger partial charge on any atom is -0.0998 e. The molecule has 4 fully saturated rings. The predicted molar refractivity (Wildman–Crippen MR) is 111 cm³/mol. The van der Waals surface area contributed by atoms with Crippen molar-refractivity contribution in [2.24, 2.45) is 46.3 Å². The zero-order chi connectivity index (χ0) is 18.4. The van der Waals surface area contributed by atoms with Crippen LogP contribution in [0.25, 0.3) is 0 Å². The summed E-state index contributed by atoms with van der Waals surface area (Å²) in [4.78, 5) is 0. The van der Waals surface area contributed by atoms with Crippen LogP contribution in [0.15, 0.2) is 12.2 Å². The van der Waals surface area contributed by atoms with Gasteiger partial charge in [-0.3, -0.25) is 0 Å². The molecule has 0 saturated heterocycles. The molecule has 0 spiro atoms. The second-order valence-corrected chi connectivity index (χ2v) is 10.6. The third-order valence-corrected chi connectivity index (χ3v) is 9.33. The molecule has 4 aliphatic carbocycles. The van der Waals surface area contributed by atoms with Crippen LogP contribution in [0, 0.1) is 46.3 Å². The van der Waals surface area contributed by atoms with E-state index in [1.165, 1.54) is 63.4 Å². The molecule has 0 nitrogen and oxygen atoms in total. The second-order valence-electron chi connectivity index (χ2n) is 10.6. The summed E-state index contributed by atoms with van der Waals surface area (Å²) in [5.74, 6) is 5.94. The van der Waals surface area contributed by atoms with Crippen LogP contribution in [0.3, 0.4) is 0 Å². The Bertz CT molecular complexity index is 490. The standard InChI is InChI=1S/C23H38.C2H6/c1-15(2)19-8-9-21-18-10-12-22(4)14-16(3)6-7-20(22)17(18)11-13-23(19,21)5;1-2/h16-21H,1,6-14H2,2-5H3;1-2H3. The van der Waals surface area contributed by atoms with Gasteiger partial charge in [0.05, 0.1) is 0 Å². The number of hydrogen-bond acceptors (Lipinski definition) is 0. The van der Waals surface area contributed by atoms with E-state index in [9.17, 15) is 0 Å². The molecular formula is C25H44. The zero-order valence-electron chi connectivity index (χ0n) is 18.0. The maximum absolute atomic E-state index is 4.36. The van der Waals surface area contributed by atoms with Gasteiger partial charge in [-0.15, -0.1) is 0 Å². The summed E-state index contributed by atoms with van der Waals surface area (Å²) in [5.41, 5.74) is 2.74. The molecule has 25 heavy (non-hydrogen) atoms. The molecule has 0 heterocycles. The molecule has 0 radical (unpaired) electrons. The maximum Gasteiger partial charge on any atom is -0.0152 e. The van der Waals surface area contributed by atoms with Crippen molar-refractivity contribution >= 4 is 0 Å². The quantitative estimate of drug-likeness (QED) is 0.424. The van der Waals surface area contributed by atoms with Gasteiger partial charge in [0, 0.05) is 0 Å². The lowest BCUT2D eigenvalue weighted by Gasteiger charge is -2.60. The van der Waals surface area contributed by atoms with E-state index < -0.39 is 0 Å². The van der Waals surface area contributed by atoms with E-state index in [1.807, 2.05) is 13.8 Å². The predicted octanol–water partition coefficient (Wildman–Crippen LogP) is 7.88.